The lowest BCUT2D eigenvalue weighted by Crippen LogP contribution is -2.44. The highest BCUT2D eigenvalue weighted by Gasteiger charge is 2.40. The lowest BCUT2D eigenvalue weighted by Gasteiger charge is -2.43. The number of hydrogen-bond acceptors (Lipinski definition) is 9. The van der Waals surface area contributed by atoms with Gasteiger partial charge in [0.05, 0.1) is 29.1 Å². The highest BCUT2D eigenvalue weighted by atomic mass is 16.6. The van der Waals surface area contributed by atoms with Crippen molar-refractivity contribution in [3.63, 3.8) is 0 Å². The Hall–Kier alpha value is -4.96. The zero-order chi connectivity index (χ0) is 32.0. The molecule has 0 radical (unpaired) electrons. The summed E-state index contributed by atoms with van der Waals surface area (Å²) in [7, 11) is 1.22. The van der Waals surface area contributed by atoms with Gasteiger partial charge in [-0.3, -0.25) is 15.0 Å². The van der Waals surface area contributed by atoms with Crippen LogP contribution in [0.15, 0.2) is 108 Å². The Morgan fingerprint density at radius 2 is 1.58 bits per heavy atom. The van der Waals surface area contributed by atoms with Crippen LogP contribution in [0.2, 0.25) is 0 Å². The van der Waals surface area contributed by atoms with Gasteiger partial charge in [0, 0.05) is 29.8 Å². The fraction of sp³-hybridized carbons (Fsp3) is 0.314. The molecule has 1 unspecified atom stereocenters. The zero-order valence-electron chi connectivity index (χ0n) is 25.5. The van der Waals surface area contributed by atoms with Crippen LogP contribution in [0.5, 0.6) is 0 Å². The van der Waals surface area contributed by atoms with Gasteiger partial charge in [-0.1, -0.05) is 79.7 Å². The number of nitrogens with zero attached hydrogens (tertiary/aromatic N) is 2. The summed E-state index contributed by atoms with van der Waals surface area (Å²) in [6, 6.07) is 27.0. The molecule has 3 aromatic carbocycles. The van der Waals surface area contributed by atoms with E-state index in [4.69, 9.17) is 15.2 Å². The number of esters is 2. The molecule has 10 nitrogen and oxygen atoms in total. The normalized spacial score (nSPS) is 18.2. The summed E-state index contributed by atoms with van der Waals surface area (Å²) in [5.41, 5.74) is 9.60. The third kappa shape index (κ3) is 6.46. The van der Waals surface area contributed by atoms with Crippen molar-refractivity contribution in [1.82, 2.24) is 10.2 Å². The molecule has 1 saturated heterocycles. The summed E-state index contributed by atoms with van der Waals surface area (Å²) in [4.78, 5) is 40.0. The van der Waals surface area contributed by atoms with Crippen LogP contribution in [-0.4, -0.2) is 55.1 Å². The van der Waals surface area contributed by atoms with Crippen LogP contribution in [0.3, 0.4) is 0 Å². The molecule has 1 atom stereocenters. The highest BCUT2D eigenvalue weighted by molar-refractivity contribution is 6.00. The molecule has 10 heteroatoms. The van der Waals surface area contributed by atoms with Gasteiger partial charge in [-0.2, -0.15) is 0 Å². The van der Waals surface area contributed by atoms with Crippen LogP contribution in [0.25, 0.3) is 0 Å². The SMILES string of the molecule is CCC1=C(C(=O)OCCN2CCC(c3ccccc3)(c3ccccc3)CC2)C(c2cccc([N+](=O)[O-])c2)C(C(=O)OC)=C(N)N1. The molecule has 0 amide bonds. The number of carbonyl (C=O) groups excluding carboxylic acids is 2. The molecule has 2 heterocycles. The molecular formula is C35H38N4O6. The number of methoxy groups -OCH3 is 1. The maximum atomic E-state index is 13.8. The summed E-state index contributed by atoms with van der Waals surface area (Å²) < 4.78 is 10.8. The van der Waals surface area contributed by atoms with Crippen LogP contribution >= 0.6 is 0 Å². The number of likely N-dealkylation sites (tertiary alicyclic amines) is 1. The number of benzene rings is 3. The summed E-state index contributed by atoms with van der Waals surface area (Å²) in [5.74, 6) is -2.34. The Bertz CT molecular complexity index is 1570. The summed E-state index contributed by atoms with van der Waals surface area (Å²) >= 11 is 0. The molecule has 2 aliphatic heterocycles. The molecule has 0 aliphatic carbocycles. The van der Waals surface area contributed by atoms with Crippen LogP contribution in [0, 0.1) is 10.1 Å². The predicted molar refractivity (Wildman–Crippen MR) is 170 cm³/mol. The first-order valence-electron chi connectivity index (χ1n) is 15.1. The number of piperidine rings is 1. The quantitative estimate of drug-likeness (QED) is 0.186. The van der Waals surface area contributed by atoms with E-state index in [0.29, 0.717) is 24.2 Å². The van der Waals surface area contributed by atoms with Crippen molar-refractivity contribution in [3.05, 3.63) is 134 Å². The first kappa shape index (κ1) is 31.5. The largest absolute Gasteiger partial charge is 0.466 e. The molecule has 0 saturated carbocycles. The van der Waals surface area contributed by atoms with Crippen molar-refractivity contribution in [2.75, 3.05) is 33.4 Å². The maximum Gasteiger partial charge on any atom is 0.338 e. The number of non-ortho nitro benzene ring substituents is 1. The Labute approximate surface area is 262 Å². The molecule has 234 valence electrons. The van der Waals surface area contributed by atoms with E-state index in [0.717, 1.165) is 25.9 Å². The van der Waals surface area contributed by atoms with E-state index in [9.17, 15) is 19.7 Å². The predicted octanol–water partition coefficient (Wildman–Crippen LogP) is 4.91. The number of nitrogens with one attached hydrogen (secondary N) is 1. The minimum absolute atomic E-state index is 0.00339. The van der Waals surface area contributed by atoms with E-state index in [1.807, 2.05) is 19.1 Å². The topological polar surface area (TPSA) is 137 Å². The van der Waals surface area contributed by atoms with Gasteiger partial charge in [-0.25, -0.2) is 9.59 Å². The fourth-order valence-electron chi connectivity index (χ4n) is 6.54. The first-order valence-corrected chi connectivity index (χ1v) is 15.1. The first-order chi connectivity index (χ1) is 21.8. The average Bonchev–Trinajstić information content (AvgIpc) is 3.08. The number of hydrogen-bond donors (Lipinski definition) is 2. The summed E-state index contributed by atoms with van der Waals surface area (Å²) in [5, 5.41) is 14.5. The van der Waals surface area contributed by atoms with Crippen molar-refractivity contribution in [3.8, 4) is 0 Å². The number of nitro benzene ring substituents is 1. The highest BCUT2D eigenvalue weighted by Crippen LogP contribution is 2.42. The lowest BCUT2D eigenvalue weighted by atomic mass is 9.68. The Balaban J connectivity index is 1.33. The number of allylic oxidation sites excluding steroid dienone is 1. The van der Waals surface area contributed by atoms with Crippen LogP contribution < -0.4 is 11.1 Å². The number of nitro groups is 1. The molecule has 2 aliphatic rings. The minimum Gasteiger partial charge on any atom is -0.466 e. The zero-order valence-corrected chi connectivity index (χ0v) is 25.5. The molecule has 0 bridgehead atoms. The molecule has 0 spiro atoms. The van der Waals surface area contributed by atoms with Crippen molar-refractivity contribution >= 4 is 17.6 Å². The standard InChI is InChI=1S/C35H38N4O6/c1-3-28-30(29(31(32(36)37-28)33(40)44-2)24-11-10-16-27(23-24)39(42)43)34(41)45-22-21-38-19-17-35(18-20-38,25-12-6-4-7-13-25)26-14-8-5-9-15-26/h4-16,23,29,37H,3,17-22,36H2,1-2H3. The second-order valence-electron chi connectivity index (χ2n) is 11.3. The van der Waals surface area contributed by atoms with Gasteiger partial charge >= 0.3 is 11.9 Å². The molecule has 3 N–H and O–H groups in total. The average molecular weight is 611 g/mol. The van der Waals surface area contributed by atoms with Gasteiger partial charge in [-0.05, 0) is 49.0 Å². The van der Waals surface area contributed by atoms with Crippen molar-refractivity contribution in [2.24, 2.45) is 5.73 Å². The van der Waals surface area contributed by atoms with Crippen LogP contribution in [0.1, 0.15) is 48.8 Å². The number of dihydropyridines is 1. The summed E-state index contributed by atoms with van der Waals surface area (Å²) in [6.07, 6.45) is 2.23. The smallest absolute Gasteiger partial charge is 0.338 e. The van der Waals surface area contributed by atoms with Crippen molar-refractivity contribution in [1.29, 1.82) is 0 Å². The maximum absolute atomic E-state index is 13.8. The minimum atomic E-state index is -1.01. The monoisotopic (exact) mass is 610 g/mol. The van der Waals surface area contributed by atoms with Crippen molar-refractivity contribution < 1.29 is 24.0 Å². The molecule has 0 aromatic heterocycles. The lowest BCUT2D eigenvalue weighted by molar-refractivity contribution is -0.384. The van der Waals surface area contributed by atoms with Gasteiger partial charge in [0.1, 0.15) is 12.4 Å². The Morgan fingerprint density at radius 3 is 2.13 bits per heavy atom. The van der Waals surface area contributed by atoms with Crippen LogP contribution in [-0.2, 0) is 24.5 Å². The number of rotatable bonds is 10. The van der Waals surface area contributed by atoms with E-state index in [1.165, 1.54) is 36.4 Å². The van der Waals surface area contributed by atoms with E-state index in [2.05, 4.69) is 58.7 Å². The van der Waals surface area contributed by atoms with Gasteiger partial charge in [0.25, 0.3) is 5.69 Å². The van der Waals surface area contributed by atoms with Crippen molar-refractivity contribution in [2.45, 2.75) is 37.5 Å². The fourth-order valence-corrected chi connectivity index (χ4v) is 6.54. The second-order valence-corrected chi connectivity index (χ2v) is 11.3. The summed E-state index contributed by atoms with van der Waals surface area (Å²) in [6.45, 7) is 4.17. The molecule has 3 aromatic rings. The molecule has 45 heavy (non-hydrogen) atoms. The van der Waals surface area contributed by atoms with E-state index in [-0.39, 0.29) is 34.7 Å². The number of carbonyl (C=O) groups is 2. The van der Waals surface area contributed by atoms with E-state index >= 15 is 0 Å². The third-order valence-corrected chi connectivity index (χ3v) is 8.87. The number of nitrogens with two attached hydrogens (primary N) is 1. The third-order valence-electron chi connectivity index (χ3n) is 8.87. The molecular weight excluding hydrogens is 572 g/mol. The van der Waals surface area contributed by atoms with E-state index in [1.54, 1.807) is 6.07 Å². The Morgan fingerprint density at radius 1 is 0.956 bits per heavy atom. The van der Waals surface area contributed by atoms with E-state index < -0.39 is 22.8 Å². The number of ether oxygens (including phenoxy) is 2. The molecule has 1 fully saturated rings. The van der Waals surface area contributed by atoms with Crippen LogP contribution in [0.4, 0.5) is 5.69 Å². The molecule has 5 rings (SSSR count). The second kappa shape index (κ2) is 13.8. The Kier molecular flexibility index (Phi) is 9.63. The van der Waals surface area contributed by atoms with Gasteiger partial charge < -0.3 is 20.5 Å². The van der Waals surface area contributed by atoms with Gasteiger partial charge in [0.15, 0.2) is 0 Å². The van der Waals surface area contributed by atoms with Gasteiger partial charge in [-0.15, -0.1) is 0 Å². The van der Waals surface area contributed by atoms with Gasteiger partial charge in [0.2, 0.25) is 0 Å².